The number of carbonyl (C=O) groups is 3. The molecule has 1 aromatic heterocycles. The summed E-state index contributed by atoms with van der Waals surface area (Å²) in [6.45, 7) is 7.79. The number of aromatic nitrogens is 2. The standard InChI is InChI=1S/C19H27N5O4/c1-19(2,3)14-5-6-15(22-21-14)28-11-12-7-8-24(10-12)17(26)13-9-20-18(27)23(4)16(13)25/h5-6,12-13H,7-11H2,1-4H3,(H,20,27). The van der Waals surface area contributed by atoms with Crippen LogP contribution in [0.3, 0.4) is 0 Å². The van der Waals surface area contributed by atoms with Gasteiger partial charge in [0.2, 0.25) is 17.7 Å². The molecule has 1 aromatic rings. The molecule has 2 aliphatic rings. The zero-order valence-corrected chi connectivity index (χ0v) is 16.8. The van der Waals surface area contributed by atoms with E-state index in [2.05, 4.69) is 36.3 Å². The summed E-state index contributed by atoms with van der Waals surface area (Å²) in [6.07, 6.45) is 0.794. The molecule has 2 fully saturated rings. The molecule has 2 aliphatic heterocycles. The van der Waals surface area contributed by atoms with E-state index in [4.69, 9.17) is 4.74 Å². The van der Waals surface area contributed by atoms with Gasteiger partial charge in [-0.3, -0.25) is 14.5 Å². The second-order valence-electron chi connectivity index (χ2n) is 8.39. The molecule has 0 spiro atoms. The van der Waals surface area contributed by atoms with Gasteiger partial charge < -0.3 is 15.0 Å². The van der Waals surface area contributed by atoms with E-state index >= 15 is 0 Å². The molecule has 2 saturated heterocycles. The number of amides is 4. The van der Waals surface area contributed by atoms with Crippen LogP contribution >= 0.6 is 0 Å². The summed E-state index contributed by atoms with van der Waals surface area (Å²) in [5, 5.41) is 10.9. The van der Waals surface area contributed by atoms with E-state index in [-0.39, 0.29) is 23.8 Å². The van der Waals surface area contributed by atoms with E-state index in [9.17, 15) is 14.4 Å². The van der Waals surface area contributed by atoms with E-state index in [0.29, 0.717) is 25.6 Å². The minimum absolute atomic E-state index is 0.0498. The third-order valence-corrected chi connectivity index (χ3v) is 5.16. The molecule has 3 heterocycles. The lowest BCUT2D eigenvalue weighted by molar-refractivity contribution is -0.145. The number of urea groups is 1. The Morgan fingerprint density at radius 3 is 2.68 bits per heavy atom. The van der Waals surface area contributed by atoms with Crippen LogP contribution in [0.1, 0.15) is 32.9 Å². The van der Waals surface area contributed by atoms with E-state index in [1.54, 1.807) is 4.90 Å². The molecule has 0 radical (unpaired) electrons. The van der Waals surface area contributed by atoms with Gasteiger partial charge in [0.15, 0.2) is 0 Å². The first kappa shape index (κ1) is 20.0. The van der Waals surface area contributed by atoms with Gasteiger partial charge in [-0.15, -0.1) is 5.10 Å². The van der Waals surface area contributed by atoms with Crippen molar-refractivity contribution in [2.24, 2.45) is 11.8 Å². The van der Waals surface area contributed by atoms with Gasteiger partial charge in [-0.1, -0.05) is 20.8 Å². The molecule has 9 heteroatoms. The Morgan fingerprint density at radius 1 is 1.29 bits per heavy atom. The Kier molecular flexibility index (Phi) is 5.53. The quantitative estimate of drug-likeness (QED) is 0.764. The summed E-state index contributed by atoms with van der Waals surface area (Å²) in [6, 6.07) is 3.25. The van der Waals surface area contributed by atoms with E-state index in [1.165, 1.54) is 7.05 Å². The van der Waals surface area contributed by atoms with Crippen molar-refractivity contribution < 1.29 is 19.1 Å². The molecule has 28 heavy (non-hydrogen) atoms. The number of nitrogens with zero attached hydrogens (tertiary/aromatic N) is 4. The molecule has 152 valence electrons. The summed E-state index contributed by atoms with van der Waals surface area (Å²) in [5.74, 6) is -0.918. The third kappa shape index (κ3) is 4.23. The molecular formula is C19H27N5O4. The Hall–Kier alpha value is -2.71. The van der Waals surface area contributed by atoms with Crippen molar-refractivity contribution in [3.8, 4) is 5.88 Å². The molecule has 1 N–H and O–H groups in total. The van der Waals surface area contributed by atoms with E-state index < -0.39 is 17.9 Å². The summed E-state index contributed by atoms with van der Waals surface area (Å²) in [4.78, 5) is 39.0. The number of rotatable bonds is 4. The number of nitrogens with one attached hydrogen (secondary N) is 1. The van der Waals surface area contributed by atoms with Crippen LogP contribution in [0.2, 0.25) is 0 Å². The van der Waals surface area contributed by atoms with Crippen molar-refractivity contribution in [2.75, 3.05) is 33.3 Å². The maximum Gasteiger partial charge on any atom is 0.323 e. The van der Waals surface area contributed by atoms with Crippen LogP contribution < -0.4 is 10.1 Å². The van der Waals surface area contributed by atoms with Gasteiger partial charge in [-0.05, 0) is 12.5 Å². The molecule has 0 saturated carbocycles. The van der Waals surface area contributed by atoms with Gasteiger partial charge in [0, 0.05) is 44.1 Å². The van der Waals surface area contributed by atoms with Crippen LogP contribution in [0.5, 0.6) is 5.88 Å². The predicted molar refractivity (Wildman–Crippen MR) is 101 cm³/mol. The highest BCUT2D eigenvalue weighted by Gasteiger charge is 2.40. The SMILES string of the molecule is CN1C(=O)NCC(C(=O)N2CCC(COc3ccc(C(C)(C)C)nn3)C2)C1=O. The highest BCUT2D eigenvalue weighted by molar-refractivity contribution is 6.08. The van der Waals surface area contributed by atoms with Crippen molar-refractivity contribution in [3.63, 3.8) is 0 Å². The first-order valence-electron chi connectivity index (χ1n) is 9.48. The fourth-order valence-electron chi connectivity index (χ4n) is 3.31. The number of hydrogen-bond donors (Lipinski definition) is 1. The molecule has 0 aromatic carbocycles. The maximum atomic E-state index is 12.7. The van der Waals surface area contributed by atoms with Crippen LogP contribution in [0, 0.1) is 11.8 Å². The summed E-state index contributed by atoms with van der Waals surface area (Å²) < 4.78 is 5.74. The third-order valence-electron chi connectivity index (χ3n) is 5.16. The average Bonchev–Trinajstić information content (AvgIpc) is 3.13. The second kappa shape index (κ2) is 7.73. The Bertz CT molecular complexity index is 759. The molecular weight excluding hydrogens is 362 g/mol. The fourth-order valence-corrected chi connectivity index (χ4v) is 3.31. The maximum absolute atomic E-state index is 12.7. The zero-order chi connectivity index (χ0) is 20.5. The molecule has 4 amide bonds. The normalized spacial score (nSPS) is 23.0. The molecule has 3 rings (SSSR count). The average molecular weight is 389 g/mol. The lowest BCUT2D eigenvalue weighted by atomic mass is 9.92. The number of likely N-dealkylation sites (tertiary alicyclic amines) is 1. The lowest BCUT2D eigenvalue weighted by Crippen LogP contribution is -2.57. The largest absolute Gasteiger partial charge is 0.476 e. The highest BCUT2D eigenvalue weighted by Crippen LogP contribution is 2.23. The van der Waals surface area contributed by atoms with Crippen molar-refractivity contribution >= 4 is 17.8 Å². The van der Waals surface area contributed by atoms with Gasteiger partial charge in [0.05, 0.1) is 12.3 Å². The van der Waals surface area contributed by atoms with Crippen molar-refractivity contribution in [2.45, 2.75) is 32.6 Å². The molecule has 9 nitrogen and oxygen atoms in total. The topological polar surface area (TPSA) is 105 Å². The van der Waals surface area contributed by atoms with Crippen LogP contribution in [0.4, 0.5) is 4.79 Å². The number of carbonyl (C=O) groups excluding carboxylic acids is 3. The van der Waals surface area contributed by atoms with Crippen molar-refractivity contribution in [1.82, 2.24) is 25.3 Å². The smallest absolute Gasteiger partial charge is 0.323 e. The Morgan fingerprint density at radius 2 is 2.04 bits per heavy atom. The van der Waals surface area contributed by atoms with Crippen molar-refractivity contribution in [1.29, 1.82) is 0 Å². The van der Waals surface area contributed by atoms with Crippen LogP contribution in [-0.2, 0) is 15.0 Å². The van der Waals surface area contributed by atoms with E-state index in [0.717, 1.165) is 17.0 Å². The number of ether oxygens (including phenoxy) is 1. The lowest BCUT2D eigenvalue weighted by Gasteiger charge is -2.30. The van der Waals surface area contributed by atoms with Crippen molar-refractivity contribution in [3.05, 3.63) is 17.8 Å². The summed E-state index contributed by atoms with van der Waals surface area (Å²) in [5.41, 5.74) is 0.828. The molecule has 2 atom stereocenters. The summed E-state index contributed by atoms with van der Waals surface area (Å²) >= 11 is 0. The highest BCUT2D eigenvalue weighted by atomic mass is 16.5. The Balaban J connectivity index is 1.51. The van der Waals surface area contributed by atoms with Crippen LogP contribution in [0.25, 0.3) is 0 Å². The Labute approximate surface area is 164 Å². The predicted octanol–water partition coefficient (Wildman–Crippen LogP) is 0.799. The monoisotopic (exact) mass is 389 g/mol. The van der Waals surface area contributed by atoms with E-state index in [1.807, 2.05) is 12.1 Å². The van der Waals surface area contributed by atoms with Gasteiger partial charge in [-0.2, -0.15) is 5.10 Å². The fraction of sp³-hybridized carbons (Fsp3) is 0.632. The number of hydrogen-bond acceptors (Lipinski definition) is 6. The zero-order valence-electron chi connectivity index (χ0n) is 16.8. The molecule has 2 unspecified atom stereocenters. The molecule has 0 aliphatic carbocycles. The van der Waals surface area contributed by atoms with Gasteiger partial charge >= 0.3 is 6.03 Å². The van der Waals surface area contributed by atoms with Crippen LogP contribution in [0.15, 0.2) is 12.1 Å². The minimum atomic E-state index is -0.849. The first-order chi connectivity index (χ1) is 13.2. The minimum Gasteiger partial charge on any atom is -0.476 e. The summed E-state index contributed by atoms with van der Waals surface area (Å²) in [7, 11) is 1.38. The number of imide groups is 1. The van der Waals surface area contributed by atoms with Gasteiger partial charge in [-0.25, -0.2) is 4.79 Å². The molecule has 0 bridgehead atoms. The first-order valence-corrected chi connectivity index (χ1v) is 9.48. The van der Waals surface area contributed by atoms with Gasteiger partial charge in [0.1, 0.15) is 5.92 Å². The van der Waals surface area contributed by atoms with Gasteiger partial charge in [0.25, 0.3) is 0 Å². The van der Waals surface area contributed by atoms with Crippen LogP contribution in [-0.4, -0.2) is 71.1 Å². The second-order valence-corrected chi connectivity index (χ2v) is 8.39.